The van der Waals surface area contributed by atoms with Crippen LogP contribution in [0.1, 0.15) is 71.6 Å². The molecule has 32 heavy (non-hydrogen) atoms. The molecule has 8 nitrogen and oxygen atoms in total. The largest absolute Gasteiger partial charge is 0.461 e. The van der Waals surface area contributed by atoms with Gasteiger partial charge in [-0.2, -0.15) is 5.10 Å². The molecule has 0 saturated heterocycles. The van der Waals surface area contributed by atoms with Gasteiger partial charge in [0.2, 0.25) is 5.91 Å². The molecule has 1 atom stereocenters. The number of ether oxygens (including phenoxy) is 1. The summed E-state index contributed by atoms with van der Waals surface area (Å²) in [5.41, 5.74) is 1.77. The van der Waals surface area contributed by atoms with Crippen LogP contribution in [-0.4, -0.2) is 45.8 Å². The normalized spacial score (nSPS) is 20.9. The van der Waals surface area contributed by atoms with E-state index in [2.05, 4.69) is 10.4 Å². The van der Waals surface area contributed by atoms with E-state index in [0.29, 0.717) is 5.69 Å². The van der Waals surface area contributed by atoms with Crippen LogP contribution in [0.3, 0.4) is 0 Å². The van der Waals surface area contributed by atoms with Gasteiger partial charge in [-0.15, -0.1) is 0 Å². The van der Waals surface area contributed by atoms with Crippen molar-refractivity contribution in [2.75, 3.05) is 11.5 Å². The zero-order chi connectivity index (χ0) is 23.0. The van der Waals surface area contributed by atoms with Gasteiger partial charge >= 0.3 is 5.97 Å². The molecule has 170 valence electrons. The number of amides is 2. The van der Waals surface area contributed by atoms with Crippen molar-refractivity contribution in [1.29, 1.82) is 0 Å². The minimum Gasteiger partial charge on any atom is -0.461 e. The fourth-order valence-electron chi connectivity index (χ4n) is 4.78. The Morgan fingerprint density at radius 1 is 1.16 bits per heavy atom. The lowest BCUT2D eigenvalue weighted by Crippen LogP contribution is -2.65. The molecule has 1 fully saturated rings. The Bertz CT molecular complexity index is 1050. The molecule has 1 aromatic heterocycles. The van der Waals surface area contributed by atoms with Gasteiger partial charge in [0.05, 0.1) is 13.2 Å². The Hall–Kier alpha value is -3.16. The number of rotatable bonds is 5. The summed E-state index contributed by atoms with van der Waals surface area (Å²) in [6.45, 7) is 7.75. The van der Waals surface area contributed by atoms with Crippen LogP contribution in [0.15, 0.2) is 24.3 Å². The van der Waals surface area contributed by atoms with Gasteiger partial charge in [-0.05, 0) is 63.8 Å². The lowest BCUT2D eigenvalue weighted by Gasteiger charge is -2.43. The summed E-state index contributed by atoms with van der Waals surface area (Å²) < 4.78 is 6.51. The van der Waals surface area contributed by atoms with Crippen molar-refractivity contribution >= 4 is 23.5 Å². The van der Waals surface area contributed by atoms with Crippen molar-refractivity contribution in [3.8, 4) is 0 Å². The minimum absolute atomic E-state index is 0.0658. The second-order valence-corrected chi connectivity index (χ2v) is 9.01. The van der Waals surface area contributed by atoms with Crippen LogP contribution in [0, 0.1) is 13.8 Å². The van der Waals surface area contributed by atoms with E-state index in [4.69, 9.17) is 4.74 Å². The topological polar surface area (TPSA) is 93.5 Å². The Balaban J connectivity index is 1.79. The SMILES string of the molecule is CCOC(=O)c1cc2n(n1)CC(C)(C(=O)NC1CCCC1)N(c1cc(C)cc(C)c1)C2=O. The molecule has 1 aliphatic carbocycles. The number of esters is 1. The fourth-order valence-corrected chi connectivity index (χ4v) is 4.78. The molecular weight excluding hydrogens is 408 g/mol. The Kier molecular flexibility index (Phi) is 5.79. The number of nitrogens with one attached hydrogen (secondary N) is 1. The molecule has 2 aromatic rings. The molecule has 8 heteroatoms. The molecule has 2 aliphatic rings. The number of hydrogen-bond acceptors (Lipinski definition) is 5. The first-order chi connectivity index (χ1) is 15.2. The summed E-state index contributed by atoms with van der Waals surface area (Å²) in [4.78, 5) is 41.1. The molecule has 0 radical (unpaired) electrons. The Labute approximate surface area is 187 Å². The summed E-state index contributed by atoms with van der Waals surface area (Å²) in [5, 5.41) is 7.46. The van der Waals surface area contributed by atoms with E-state index in [0.717, 1.165) is 36.8 Å². The Morgan fingerprint density at radius 3 is 2.44 bits per heavy atom. The zero-order valence-corrected chi connectivity index (χ0v) is 19.1. The van der Waals surface area contributed by atoms with E-state index >= 15 is 0 Å². The number of benzene rings is 1. The molecule has 1 aliphatic heterocycles. The second kappa shape index (κ2) is 8.41. The van der Waals surface area contributed by atoms with E-state index in [1.807, 2.05) is 32.0 Å². The van der Waals surface area contributed by atoms with Gasteiger partial charge in [-0.3, -0.25) is 19.2 Å². The minimum atomic E-state index is -1.20. The molecular formula is C24H30N4O4. The van der Waals surface area contributed by atoms with Gasteiger partial charge < -0.3 is 10.1 Å². The maximum absolute atomic E-state index is 13.7. The highest BCUT2D eigenvalue weighted by Gasteiger charge is 2.49. The zero-order valence-electron chi connectivity index (χ0n) is 19.1. The van der Waals surface area contributed by atoms with Crippen LogP contribution >= 0.6 is 0 Å². The quantitative estimate of drug-likeness (QED) is 0.724. The number of aromatic nitrogens is 2. The smallest absolute Gasteiger partial charge is 0.358 e. The van der Waals surface area contributed by atoms with E-state index < -0.39 is 11.5 Å². The molecule has 1 unspecified atom stereocenters. The number of fused-ring (bicyclic) bond motifs is 1. The highest BCUT2D eigenvalue weighted by atomic mass is 16.5. The van der Waals surface area contributed by atoms with Gasteiger partial charge in [0.15, 0.2) is 5.69 Å². The first kappa shape index (κ1) is 22.0. The summed E-state index contributed by atoms with van der Waals surface area (Å²) in [6.07, 6.45) is 4.07. The summed E-state index contributed by atoms with van der Waals surface area (Å²) >= 11 is 0. The summed E-state index contributed by atoms with van der Waals surface area (Å²) in [5.74, 6) is -1.17. The maximum atomic E-state index is 13.7. The predicted molar refractivity (Wildman–Crippen MR) is 120 cm³/mol. The highest BCUT2D eigenvalue weighted by molar-refractivity contribution is 6.12. The van der Waals surface area contributed by atoms with Gasteiger partial charge in [-0.1, -0.05) is 18.9 Å². The van der Waals surface area contributed by atoms with Crippen LogP contribution in [-0.2, 0) is 16.1 Å². The standard InChI is InChI=1S/C24H30N4O4/c1-5-32-22(30)19-13-20-21(29)28(18-11-15(2)10-16(3)12-18)24(4,14-27(20)26-19)23(31)25-17-8-6-7-9-17/h10-13,17H,5-9,14H2,1-4H3,(H,25,31). The lowest BCUT2D eigenvalue weighted by molar-refractivity contribution is -0.127. The third kappa shape index (κ3) is 3.89. The number of carbonyl (C=O) groups is 3. The first-order valence-electron chi connectivity index (χ1n) is 11.2. The molecule has 2 heterocycles. The van der Waals surface area contributed by atoms with E-state index in [-0.39, 0.29) is 42.4 Å². The number of aryl methyl sites for hydroxylation is 2. The second-order valence-electron chi connectivity index (χ2n) is 9.01. The average Bonchev–Trinajstić information content (AvgIpc) is 3.37. The molecule has 0 spiro atoms. The van der Waals surface area contributed by atoms with Crippen LogP contribution in [0.4, 0.5) is 5.69 Å². The highest BCUT2D eigenvalue weighted by Crippen LogP contribution is 2.34. The molecule has 0 bridgehead atoms. The number of carbonyl (C=O) groups excluding carboxylic acids is 3. The van der Waals surface area contributed by atoms with Crippen molar-refractivity contribution in [2.24, 2.45) is 0 Å². The number of hydrogen-bond donors (Lipinski definition) is 1. The molecule has 1 saturated carbocycles. The first-order valence-corrected chi connectivity index (χ1v) is 11.2. The van der Waals surface area contributed by atoms with Crippen molar-refractivity contribution in [3.63, 3.8) is 0 Å². The third-order valence-electron chi connectivity index (χ3n) is 6.28. The van der Waals surface area contributed by atoms with Crippen LogP contribution in [0.2, 0.25) is 0 Å². The van der Waals surface area contributed by atoms with Crippen LogP contribution in [0.25, 0.3) is 0 Å². The van der Waals surface area contributed by atoms with E-state index in [1.54, 1.807) is 18.7 Å². The van der Waals surface area contributed by atoms with Crippen molar-refractivity contribution < 1.29 is 19.1 Å². The van der Waals surface area contributed by atoms with Gasteiger partial charge in [0.25, 0.3) is 5.91 Å². The van der Waals surface area contributed by atoms with Crippen molar-refractivity contribution in [1.82, 2.24) is 15.1 Å². The fraction of sp³-hybridized carbons (Fsp3) is 0.500. The van der Waals surface area contributed by atoms with Crippen molar-refractivity contribution in [3.05, 3.63) is 46.8 Å². The average molecular weight is 439 g/mol. The molecule has 1 N–H and O–H groups in total. The summed E-state index contributed by atoms with van der Waals surface area (Å²) in [7, 11) is 0. The van der Waals surface area contributed by atoms with Gasteiger partial charge in [0, 0.05) is 17.8 Å². The van der Waals surface area contributed by atoms with Crippen molar-refractivity contribution in [2.45, 2.75) is 71.5 Å². The molecule has 1 aromatic carbocycles. The summed E-state index contributed by atoms with van der Waals surface area (Å²) in [6, 6.07) is 7.40. The van der Waals surface area contributed by atoms with Gasteiger partial charge in [0.1, 0.15) is 11.2 Å². The number of anilines is 1. The van der Waals surface area contributed by atoms with Crippen LogP contribution < -0.4 is 10.2 Å². The van der Waals surface area contributed by atoms with Crippen LogP contribution in [0.5, 0.6) is 0 Å². The molecule has 4 rings (SSSR count). The third-order valence-corrected chi connectivity index (χ3v) is 6.28. The molecule has 2 amide bonds. The van der Waals surface area contributed by atoms with E-state index in [1.165, 1.54) is 10.7 Å². The maximum Gasteiger partial charge on any atom is 0.358 e. The lowest BCUT2D eigenvalue weighted by atomic mass is 9.93. The monoisotopic (exact) mass is 438 g/mol. The van der Waals surface area contributed by atoms with E-state index in [9.17, 15) is 14.4 Å². The Morgan fingerprint density at radius 2 is 1.81 bits per heavy atom. The van der Waals surface area contributed by atoms with Gasteiger partial charge in [-0.25, -0.2) is 4.79 Å². The predicted octanol–water partition coefficient (Wildman–Crippen LogP) is 3.15. The number of nitrogens with zero attached hydrogens (tertiary/aromatic N) is 3.